The van der Waals surface area contributed by atoms with Gasteiger partial charge in [0.1, 0.15) is 5.92 Å². The van der Waals surface area contributed by atoms with Gasteiger partial charge in [0.15, 0.2) is 0 Å². The van der Waals surface area contributed by atoms with Gasteiger partial charge in [0.2, 0.25) is 11.8 Å². The molecule has 3 rings (SSSR count). The van der Waals surface area contributed by atoms with Crippen molar-refractivity contribution in [2.24, 2.45) is 5.92 Å². The zero-order valence-electron chi connectivity index (χ0n) is 14.8. The molecule has 0 aromatic heterocycles. The molecule has 6 heteroatoms. The normalized spacial score (nSPS) is 20.1. The molecule has 136 valence electrons. The van der Waals surface area contributed by atoms with E-state index in [2.05, 4.69) is 22.8 Å². The van der Waals surface area contributed by atoms with Gasteiger partial charge in [-0.05, 0) is 56.5 Å². The van der Waals surface area contributed by atoms with Gasteiger partial charge in [-0.25, -0.2) is 0 Å². The van der Waals surface area contributed by atoms with Crippen LogP contribution in [0.3, 0.4) is 0 Å². The third kappa shape index (κ3) is 4.61. The molecule has 25 heavy (non-hydrogen) atoms. The monoisotopic (exact) mass is 363 g/mol. The Bertz CT molecular complexity index is 667. The van der Waals surface area contributed by atoms with Crippen molar-refractivity contribution in [2.75, 3.05) is 31.1 Å². The van der Waals surface area contributed by atoms with Crippen molar-refractivity contribution in [2.45, 2.75) is 26.7 Å². The highest BCUT2D eigenvalue weighted by molar-refractivity contribution is 6.09. The van der Waals surface area contributed by atoms with E-state index in [-0.39, 0.29) is 24.2 Å². The fourth-order valence-electron chi connectivity index (χ4n) is 3.44. The number of carbonyl (C=O) groups is 2. The van der Waals surface area contributed by atoms with Crippen LogP contribution in [-0.4, -0.2) is 38.0 Å². The van der Waals surface area contributed by atoms with Crippen LogP contribution >= 0.6 is 12.4 Å². The maximum atomic E-state index is 12.7. The number of hydrogen-bond acceptors (Lipinski definition) is 3. The van der Waals surface area contributed by atoms with Gasteiger partial charge in [0.25, 0.3) is 0 Å². The fraction of sp³-hybridized carbons (Fsp3) is 0.474. The Morgan fingerprint density at radius 3 is 2.64 bits per heavy atom. The molecule has 0 saturated carbocycles. The van der Waals surface area contributed by atoms with Crippen molar-refractivity contribution in [3.63, 3.8) is 0 Å². The zero-order valence-corrected chi connectivity index (χ0v) is 15.6. The van der Waals surface area contributed by atoms with E-state index in [9.17, 15) is 9.59 Å². The van der Waals surface area contributed by atoms with Crippen LogP contribution in [-0.2, 0) is 9.59 Å². The minimum absolute atomic E-state index is 0. The second kappa shape index (κ2) is 8.50. The first kappa shape index (κ1) is 19.5. The molecule has 0 bridgehead atoms. The maximum Gasteiger partial charge on any atom is 0.239 e. The smallest absolute Gasteiger partial charge is 0.239 e. The molecule has 0 radical (unpaired) electrons. The van der Waals surface area contributed by atoms with Crippen LogP contribution < -0.4 is 15.5 Å². The topological polar surface area (TPSA) is 61.4 Å². The molecule has 1 aromatic rings. The maximum absolute atomic E-state index is 12.7. The molecule has 2 heterocycles. The summed E-state index contributed by atoms with van der Waals surface area (Å²) >= 11 is 0. The minimum Gasteiger partial charge on any atom is -0.352 e. The highest BCUT2D eigenvalue weighted by Gasteiger charge is 2.37. The van der Waals surface area contributed by atoms with Gasteiger partial charge >= 0.3 is 0 Å². The summed E-state index contributed by atoms with van der Waals surface area (Å²) in [7, 11) is 0. The van der Waals surface area contributed by atoms with Crippen molar-refractivity contribution in [3.05, 3.63) is 41.0 Å². The second-order valence-corrected chi connectivity index (χ2v) is 6.71. The van der Waals surface area contributed by atoms with Crippen molar-refractivity contribution in [3.8, 4) is 0 Å². The molecule has 1 atom stereocenters. The lowest BCUT2D eigenvalue weighted by Crippen LogP contribution is -2.38. The van der Waals surface area contributed by atoms with Gasteiger partial charge in [0.05, 0.1) is 0 Å². The molecule has 2 amide bonds. The Morgan fingerprint density at radius 2 is 2.00 bits per heavy atom. The van der Waals surface area contributed by atoms with E-state index in [1.165, 1.54) is 5.57 Å². The average Bonchev–Trinajstić information content (AvgIpc) is 2.94. The van der Waals surface area contributed by atoms with Crippen molar-refractivity contribution in [1.29, 1.82) is 0 Å². The number of nitrogens with zero attached hydrogens (tertiary/aromatic N) is 1. The SMILES string of the molecule is Cc1cc(C)cc(N2CCC(C(=O)NCC3=CCNCC3)C2=O)c1.Cl. The number of hydrogen-bond donors (Lipinski definition) is 2. The standard InChI is InChI=1S/C19H25N3O2.ClH/c1-13-9-14(2)11-16(10-13)22-8-5-17(19(22)24)18(23)21-12-15-3-6-20-7-4-15;/h3,9-11,17,20H,4-8,12H2,1-2H3,(H,21,23);1H. The Kier molecular flexibility index (Phi) is 6.62. The van der Waals surface area contributed by atoms with Gasteiger partial charge in [0, 0.05) is 25.3 Å². The predicted molar refractivity (Wildman–Crippen MR) is 102 cm³/mol. The third-order valence-corrected chi connectivity index (χ3v) is 4.69. The van der Waals surface area contributed by atoms with Crippen LogP contribution in [0.2, 0.25) is 0 Å². The molecule has 0 spiro atoms. The number of nitrogens with one attached hydrogen (secondary N) is 2. The van der Waals surface area contributed by atoms with Crippen molar-refractivity contribution < 1.29 is 9.59 Å². The number of rotatable bonds is 4. The van der Waals surface area contributed by atoms with Crippen molar-refractivity contribution >= 4 is 29.9 Å². The summed E-state index contributed by atoms with van der Waals surface area (Å²) < 4.78 is 0. The van der Waals surface area contributed by atoms with Crippen LogP contribution in [0.4, 0.5) is 5.69 Å². The Hall–Kier alpha value is -1.85. The largest absolute Gasteiger partial charge is 0.352 e. The van der Waals surface area contributed by atoms with Gasteiger partial charge < -0.3 is 15.5 Å². The summed E-state index contributed by atoms with van der Waals surface area (Å²) in [6, 6.07) is 6.09. The van der Waals surface area contributed by atoms with E-state index < -0.39 is 5.92 Å². The van der Waals surface area contributed by atoms with Crippen LogP contribution in [0.1, 0.15) is 24.0 Å². The van der Waals surface area contributed by atoms with Crippen LogP contribution in [0, 0.1) is 19.8 Å². The number of benzene rings is 1. The lowest BCUT2D eigenvalue weighted by molar-refractivity contribution is -0.132. The molecule has 1 fully saturated rings. The molecule has 2 N–H and O–H groups in total. The molecular weight excluding hydrogens is 338 g/mol. The molecular formula is C19H26ClN3O2. The Balaban J connectivity index is 0.00000225. The number of anilines is 1. The lowest BCUT2D eigenvalue weighted by atomic mass is 10.1. The van der Waals surface area contributed by atoms with Crippen LogP contribution in [0.25, 0.3) is 0 Å². The number of halogens is 1. The van der Waals surface area contributed by atoms with Gasteiger partial charge in [-0.15, -0.1) is 12.4 Å². The number of amides is 2. The summed E-state index contributed by atoms with van der Waals surface area (Å²) in [5.74, 6) is -0.795. The summed E-state index contributed by atoms with van der Waals surface area (Å²) in [6.45, 7) is 7.00. The first-order valence-electron chi connectivity index (χ1n) is 8.60. The first-order chi connectivity index (χ1) is 11.5. The van der Waals surface area contributed by atoms with Crippen molar-refractivity contribution in [1.82, 2.24) is 10.6 Å². The third-order valence-electron chi connectivity index (χ3n) is 4.69. The highest BCUT2D eigenvalue weighted by Crippen LogP contribution is 2.27. The molecule has 1 saturated heterocycles. The summed E-state index contributed by atoms with van der Waals surface area (Å²) in [5, 5.41) is 6.18. The summed E-state index contributed by atoms with van der Waals surface area (Å²) in [6.07, 6.45) is 3.65. The Morgan fingerprint density at radius 1 is 1.28 bits per heavy atom. The Labute approximate surface area is 155 Å². The van der Waals surface area contributed by atoms with E-state index in [0.717, 1.165) is 36.3 Å². The zero-order chi connectivity index (χ0) is 17.1. The van der Waals surface area contributed by atoms with Crippen LogP contribution in [0.15, 0.2) is 29.8 Å². The van der Waals surface area contributed by atoms with E-state index in [4.69, 9.17) is 0 Å². The first-order valence-corrected chi connectivity index (χ1v) is 8.60. The molecule has 2 aliphatic rings. The summed E-state index contributed by atoms with van der Waals surface area (Å²) in [5.41, 5.74) is 4.39. The fourth-order valence-corrected chi connectivity index (χ4v) is 3.44. The van der Waals surface area contributed by atoms with Crippen LogP contribution in [0.5, 0.6) is 0 Å². The quantitative estimate of drug-likeness (QED) is 0.636. The molecule has 1 aromatic carbocycles. The van der Waals surface area contributed by atoms with Gasteiger partial charge in [-0.2, -0.15) is 0 Å². The average molecular weight is 364 g/mol. The molecule has 2 aliphatic heterocycles. The van der Waals surface area contributed by atoms with E-state index >= 15 is 0 Å². The van der Waals surface area contributed by atoms with Gasteiger partial charge in [-0.3, -0.25) is 9.59 Å². The highest BCUT2D eigenvalue weighted by atomic mass is 35.5. The summed E-state index contributed by atoms with van der Waals surface area (Å²) in [4.78, 5) is 26.8. The second-order valence-electron chi connectivity index (χ2n) is 6.71. The molecule has 5 nitrogen and oxygen atoms in total. The number of carbonyl (C=O) groups excluding carboxylic acids is 2. The van der Waals surface area contributed by atoms with E-state index in [1.807, 2.05) is 26.0 Å². The predicted octanol–water partition coefficient (Wildman–Crippen LogP) is 2.11. The minimum atomic E-state index is -0.562. The lowest BCUT2D eigenvalue weighted by Gasteiger charge is -2.19. The van der Waals surface area contributed by atoms with E-state index in [1.54, 1.807) is 4.90 Å². The van der Waals surface area contributed by atoms with E-state index in [0.29, 0.717) is 19.5 Å². The molecule has 0 aliphatic carbocycles. The van der Waals surface area contributed by atoms with Gasteiger partial charge in [-0.1, -0.05) is 17.7 Å². The number of aryl methyl sites for hydroxylation is 2. The molecule has 1 unspecified atom stereocenters.